The molecule has 0 radical (unpaired) electrons. The lowest BCUT2D eigenvalue weighted by molar-refractivity contribution is -0.148. The fraction of sp³-hybridized carbons (Fsp3) is 0.0909. The van der Waals surface area contributed by atoms with Gasteiger partial charge in [-0.3, -0.25) is 4.79 Å². The number of hydrogen-bond acceptors (Lipinski definition) is 4. The molecule has 0 fully saturated rings. The van der Waals surface area contributed by atoms with Crippen molar-refractivity contribution >= 4 is 29.4 Å². The molecule has 0 aromatic heterocycles. The Bertz CT molecular complexity index is 1140. The van der Waals surface area contributed by atoms with E-state index in [2.05, 4.69) is 5.32 Å². The summed E-state index contributed by atoms with van der Waals surface area (Å²) >= 11 is 0. The van der Waals surface area contributed by atoms with Crippen LogP contribution in [0.1, 0.15) is 36.6 Å². The van der Waals surface area contributed by atoms with Gasteiger partial charge in [-0.2, -0.15) is 0 Å². The van der Waals surface area contributed by atoms with Gasteiger partial charge >= 0.3 is 17.9 Å². The van der Waals surface area contributed by atoms with Crippen LogP contribution >= 0.6 is 0 Å². The Morgan fingerprint density at radius 2 is 1.58 bits per heavy atom. The summed E-state index contributed by atoms with van der Waals surface area (Å²) < 4.78 is 15.2. The first kappa shape index (κ1) is 21.4. The molecule has 3 rings (SSSR count). The van der Waals surface area contributed by atoms with E-state index >= 15 is 4.39 Å². The highest BCUT2D eigenvalue weighted by Gasteiger charge is 2.46. The molecular weight excluding hydrogens is 409 g/mol. The second-order valence-corrected chi connectivity index (χ2v) is 6.72. The summed E-state index contributed by atoms with van der Waals surface area (Å²) in [7, 11) is 0. The third-order valence-electron chi connectivity index (χ3n) is 4.77. The van der Waals surface area contributed by atoms with E-state index in [4.69, 9.17) is 5.11 Å². The minimum absolute atomic E-state index is 0.355. The van der Waals surface area contributed by atoms with Crippen molar-refractivity contribution < 1.29 is 38.9 Å². The minimum Gasteiger partial charge on any atom is -0.479 e. The molecule has 0 saturated heterocycles. The monoisotopic (exact) mass is 425 g/mol. The second-order valence-electron chi connectivity index (χ2n) is 6.72. The van der Waals surface area contributed by atoms with Crippen LogP contribution in [0.2, 0.25) is 0 Å². The van der Waals surface area contributed by atoms with Gasteiger partial charge in [-0.05, 0) is 35.4 Å². The summed E-state index contributed by atoms with van der Waals surface area (Å²) in [5, 5.41) is 30.0. The normalized spacial score (nSPS) is 19.9. The largest absolute Gasteiger partial charge is 0.479 e. The Hall–Kier alpha value is -4.27. The number of allylic oxidation sites excluding steroid dienone is 2. The van der Waals surface area contributed by atoms with E-state index in [-0.39, 0.29) is 5.56 Å². The highest BCUT2D eigenvalue weighted by molar-refractivity contribution is 6.07. The van der Waals surface area contributed by atoms with E-state index in [1.165, 1.54) is 12.2 Å². The number of carboxylic acids is 3. The summed E-state index contributed by atoms with van der Waals surface area (Å²) in [5.74, 6) is -5.86. The quantitative estimate of drug-likeness (QED) is 0.557. The highest BCUT2D eigenvalue weighted by Crippen LogP contribution is 2.31. The van der Waals surface area contributed by atoms with Gasteiger partial charge in [0, 0.05) is 0 Å². The number of benzene rings is 2. The van der Waals surface area contributed by atoms with Gasteiger partial charge in [0.25, 0.3) is 5.91 Å². The first-order chi connectivity index (χ1) is 14.6. The molecule has 4 N–H and O–H groups in total. The van der Waals surface area contributed by atoms with Crippen LogP contribution in [0.3, 0.4) is 0 Å². The molecule has 0 bridgehead atoms. The van der Waals surface area contributed by atoms with E-state index in [1.54, 1.807) is 30.3 Å². The number of aliphatic carboxylic acids is 1. The number of nitrogens with one attached hydrogen (secondary N) is 1. The smallest absolute Gasteiger partial charge is 0.348 e. The Labute approximate surface area is 174 Å². The standard InChI is InChI=1S/C22H16FNO7/c23-22(21(30)31)9-8-13(12-4-2-1-3-5-12)11-17(22)24-18(25)15-7-6-14(19(26)27)10-16(15)20(28)29/h1-11,17H,(H,24,25)(H,26,27)(H,28,29)(H,30,31). The van der Waals surface area contributed by atoms with E-state index < -0.39 is 46.7 Å². The van der Waals surface area contributed by atoms with Crippen molar-refractivity contribution in [1.82, 2.24) is 5.32 Å². The van der Waals surface area contributed by atoms with Crippen LogP contribution in [-0.4, -0.2) is 50.8 Å². The summed E-state index contributed by atoms with van der Waals surface area (Å²) in [6.45, 7) is 0. The highest BCUT2D eigenvalue weighted by atomic mass is 19.1. The molecule has 2 aromatic carbocycles. The first-order valence-electron chi connectivity index (χ1n) is 8.94. The average molecular weight is 425 g/mol. The molecule has 1 aliphatic rings. The molecule has 1 aliphatic carbocycles. The topological polar surface area (TPSA) is 141 Å². The van der Waals surface area contributed by atoms with Crippen LogP contribution in [0.15, 0.2) is 66.8 Å². The van der Waals surface area contributed by atoms with Gasteiger partial charge in [0.2, 0.25) is 5.67 Å². The van der Waals surface area contributed by atoms with E-state index in [0.29, 0.717) is 11.1 Å². The van der Waals surface area contributed by atoms with Crippen molar-refractivity contribution in [2.75, 3.05) is 0 Å². The van der Waals surface area contributed by atoms with Gasteiger partial charge in [0.1, 0.15) is 0 Å². The molecule has 0 saturated carbocycles. The SMILES string of the molecule is O=C(O)c1ccc(C(=O)NC2C=C(c3ccccc3)C=CC2(F)C(=O)O)c(C(=O)O)c1. The van der Waals surface area contributed by atoms with Crippen LogP contribution in [0.5, 0.6) is 0 Å². The van der Waals surface area contributed by atoms with Crippen LogP contribution in [0, 0.1) is 0 Å². The molecule has 2 aromatic rings. The van der Waals surface area contributed by atoms with Crippen LogP contribution < -0.4 is 5.32 Å². The summed E-state index contributed by atoms with van der Waals surface area (Å²) in [6, 6.07) is 9.80. The third kappa shape index (κ3) is 4.20. The zero-order valence-electron chi connectivity index (χ0n) is 15.8. The number of carbonyl (C=O) groups is 4. The molecule has 0 spiro atoms. The van der Waals surface area contributed by atoms with Crippen molar-refractivity contribution in [3.63, 3.8) is 0 Å². The maximum Gasteiger partial charge on any atom is 0.348 e. The molecule has 2 unspecified atom stereocenters. The van der Waals surface area contributed by atoms with Gasteiger partial charge in [0.15, 0.2) is 0 Å². The fourth-order valence-electron chi connectivity index (χ4n) is 3.12. The van der Waals surface area contributed by atoms with Crippen molar-refractivity contribution in [2.45, 2.75) is 11.7 Å². The zero-order chi connectivity index (χ0) is 22.8. The number of halogens is 1. The fourth-order valence-corrected chi connectivity index (χ4v) is 3.12. The van der Waals surface area contributed by atoms with Crippen molar-refractivity contribution in [3.05, 3.63) is 89.0 Å². The summed E-state index contributed by atoms with van der Waals surface area (Å²) in [4.78, 5) is 46.9. The Morgan fingerprint density at radius 1 is 0.903 bits per heavy atom. The maximum absolute atomic E-state index is 15.2. The van der Waals surface area contributed by atoms with E-state index in [0.717, 1.165) is 24.3 Å². The molecule has 31 heavy (non-hydrogen) atoms. The molecule has 0 aliphatic heterocycles. The Kier molecular flexibility index (Phi) is 5.69. The van der Waals surface area contributed by atoms with Crippen LogP contribution in [0.25, 0.3) is 5.57 Å². The summed E-state index contributed by atoms with van der Waals surface area (Å²) in [5.41, 5.74) is -3.27. The predicted molar refractivity (Wildman–Crippen MR) is 107 cm³/mol. The number of carbonyl (C=O) groups excluding carboxylic acids is 1. The lowest BCUT2D eigenvalue weighted by Gasteiger charge is -2.30. The minimum atomic E-state index is -2.97. The predicted octanol–water partition coefficient (Wildman–Crippen LogP) is 2.63. The number of alkyl halides is 1. The molecule has 2 atom stereocenters. The average Bonchev–Trinajstić information content (AvgIpc) is 2.75. The van der Waals surface area contributed by atoms with Crippen LogP contribution in [-0.2, 0) is 4.79 Å². The lowest BCUT2D eigenvalue weighted by Crippen LogP contribution is -2.53. The van der Waals surface area contributed by atoms with E-state index in [9.17, 15) is 29.4 Å². The lowest BCUT2D eigenvalue weighted by atomic mass is 9.86. The second kappa shape index (κ2) is 8.23. The van der Waals surface area contributed by atoms with Gasteiger partial charge in [0.05, 0.1) is 22.7 Å². The number of aromatic carboxylic acids is 2. The third-order valence-corrected chi connectivity index (χ3v) is 4.77. The Balaban J connectivity index is 2.00. The maximum atomic E-state index is 15.2. The van der Waals surface area contributed by atoms with Crippen molar-refractivity contribution in [3.8, 4) is 0 Å². The molecule has 158 valence electrons. The molecule has 8 nitrogen and oxygen atoms in total. The molecule has 0 heterocycles. The van der Waals surface area contributed by atoms with Gasteiger partial charge in [-0.25, -0.2) is 18.8 Å². The molecular formula is C22H16FNO7. The van der Waals surface area contributed by atoms with E-state index in [1.807, 2.05) is 0 Å². The molecule has 1 amide bonds. The van der Waals surface area contributed by atoms with Crippen molar-refractivity contribution in [2.24, 2.45) is 0 Å². The number of rotatable bonds is 6. The number of amides is 1. The first-order valence-corrected chi connectivity index (χ1v) is 8.94. The zero-order valence-corrected chi connectivity index (χ0v) is 15.8. The molecule has 9 heteroatoms. The number of carboxylic acid groups (broad SMARTS) is 3. The van der Waals surface area contributed by atoms with Crippen LogP contribution in [0.4, 0.5) is 4.39 Å². The Morgan fingerprint density at radius 3 is 2.16 bits per heavy atom. The number of hydrogen-bond donors (Lipinski definition) is 4. The van der Waals surface area contributed by atoms with Gasteiger partial charge in [-0.15, -0.1) is 0 Å². The van der Waals surface area contributed by atoms with Gasteiger partial charge in [-0.1, -0.05) is 42.5 Å². The summed E-state index contributed by atoms with van der Waals surface area (Å²) in [6.07, 6.45) is 3.33. The van der Waals surface area contributed by atoms with Gasteiger partial charge < -0.3 is 20.6 Å². The van der Waals surface area contributed by atoms with Crippen molar-refractivity contribution in [1.29, 1.82) is 0 Å².